The lowest BCUT2D eigenvalue weighted by molar-refractivity contribution is -0.138. The molecule has 0 aliphatic rings. The minimum atomic E-state index is -0.858. The second-order valence-corrected chi connectivity index (χ2v) is 6.65. The molecule has 0 bridgehead atoms. The molecule has 0 aliphatic heterocycles. The van der Waals surface area contributed by atoms with Crippen LogP contribution >= 0.6 is 11.6 Å². The van der Waals surface area contributed by atoms with Gasteiger partial charge in [-0.2, -0.15) is 0 Å². The maximum absolute atomic E-state index is 11.8. The zero-order valence-electron chi connectivity index (χ0n) is 15.3. The summed E-state index contributed by atoms with van der Waals surface area (Å²) in [6, 6.07) is 24.0. The molecule has 4 nitrogen and oxygen atoms in total. The van der Waals surface area contributed by atoms with E-state index in [1.165, 1.54) is 0 Å². The molecule has 0 fully saturated rings. The van der Waals surface area contributed by atoms with Gasteiger partial charge in [-0.1, -0.05) is 72.3 Å². The third kappa shape index (κ3) is 5.27. The molecule has 3 aromatic rings. The van der Waals surface area contributed by atoms with Gasteiger partial charge in [0.2, 0.25) is 0 Å². The van der Waals surface area contributed by atoms with Gasteiger partial charge in [0.15, 0.2) is 0 Å². The maximum Gasteiger partial charge on any atom is 0.311 e. The summed E-state index contributed by atoms with van der Waals surface area (Å²) in [5.41, 5.74) is 1.61. The predicted octanol–water partition coefficient (Wildman–Crippen LogP) is 5.21. The Morgan fingerprint density at radius 1 is 0.821 bits per heavy atom. The highest BCUT2D eigenvalue weighted by Crippen LogP contribution is 2.27. The number of carbonyl (C=O) groups is 1. The summed E-state index contributed by atoms with van der Waals surface area (Å²) in [5.74, 6) is -0.225. The first-order valence-corrected chi connectivity index (χ1v) is 9.38. The van der Waals surface area contributed by atoms with Crippen LogP contribution in [0.25, 0.3) is 0 Å². The van der Waals surface area contributed by atoms with Gasteiger partial charge in [0.25, 0.3) is 0 Å². The lowest BCUT2D eigenvalue weighted by atomic mass is 9.92. The van der Waals surface area contributed by atoms with Gasteiger partial charge in [-0.3, -0.25) is 4.79 Å². The lowest BCUT2D eigenvalue weighted by Gasteiger charge is -2.16. The van der Waals surface area contributed by atoms with Crippen LogP contribution in [-0.4, -0.2) is 24.3 Å². The summed E-state index contributed by atoms with van der Waals surface area (Å²) >= 11 is 6.07. The van der Waals surface area contributed by atoms with E-state index >= 15 is 0 Å². The van der Waals surface area contributed by atoms with E-state index in [2.05, 4.69) is 0 Å². The average molecular weight is 397 g/mol. The fourth-order valence-corrected chi connectivity index (χ4v) is 3.12. The van der Waals surface area contributed by atoms with Crippen LogP contribution in [0.2, 0.25) is 5.02 Å². The largest absolute Gasteiger partial charge is 0.490 e. The second-order valence-electron chi connectivity index (χ2n) is 6.24. The van der Waals surface area contributed by atoms with Crippen LogP contribution in [0.3, 0.4) is 0 Å². The van der Waals surface area contributed by atoms with E-state index in [9.17, 15) is 9.90 Å². The summed E-state index contributed by atoms with van der Waals surface area (Å²) < 4.78 is 11.5. The fraction of sp³-hybridized carbons (Fsp3) is 0.174. The summed E-state index contributed by atoms with van der Waals surface area (Å²) in [6.07, 6.45) is 0.348. The Morgan fingerprint density at radius 2 is 1.39 bits per heavy atom. The molecule has 0 radical (unpaired) electrons. The van der Waals surface area contributed by atoms with Crippen molar-refractivity contribution in [3.63, 3.8) is 0 Å². The molecule has 1 atom stereocenters. The molecule has 1 unspecified atom stereocenters. The van der Waals surface area contributed by atoms with Crippen molar-refractivity contribution in [3.05, 3.63) is 95.0 Å². The number of halogens is 1. The van der Waals surface area contributed by atoms with Gasteiger partial charge in [0, 0.05) is 0 Å². The highest BCUT2D eigenvalue weighted by Gasteiger charge is 2.21. The van der Waals surface area contributed by atoms with Crippen LogP contribution in [0, 0.1) is 0 Å². The quantitative estimate of drug-likeness (QED) is 0.504. The van der Waals surface area contributed by atoms with Crippen LogP contribution in [0.4, 0.5) is 0 Å². The third-order valence-corrected chi connectivity index (χ3v) is 4.64. The van der Waals surface area contributed by atoms with Crippen LogP contribution in [0.15, 0.2) is 78.9 Å². The average Bonchev–Trinajstić information content (AvgIpc) is 2.72. The number of carboxylic acids is 1. The van der Waals surface area contributed by atoms with Crippen molar-refractivity contribution in [1.29, 1.82) is 0 Å². The van der Waals surface area contributed by atoms with E-state index in [1.807, 2.05) is 66.7 Å². The van der Waals surface area contributed by atoms with E-state index in [-0.39, 0.29) is 0 Å². The molecule has 1 N–H and O–H groups in total. The van der Waals surface area contributed by atoms with Crippen LogP contribution < -0.4 is 9.47 Å². The van der Waals surface area contributed by atoms with Crippen LogP contribution in [0.1, 0.15) is 17.0 Å². The first kappa shape index (κ1) is 19.8. The lowest BCUT2D eigenvalue weighted by Crippen LogP contribution is -2.16. The molecule has 144 valence electrons. The van der Waals surface area contributed by atoms with Gasteiger partial charge in [-0.15, -0.1) is 0 Å². The Bertz CT molecular complexity index is 911. The molecule has 0 amide bonds. The maximum atomic E-state index is 11.8. The van der Waals surface area contributed by atoms with Crippen molar-refractivity contribution in [2.45, 2.75) is 12.3 Å². The second kappa shape index (κ2) is 9.81. The van der Waals surface area contributed by atoms with E-state index < -0.39 is 11.9 Å². The molecule has 0 aliphatic carbocycles. The van der Waals surface area contributed by atoms with Crippen LogP contribution in [-0.2, 0) is 11.2 Å². The van der Waals surface area contributed by atoms with Gasteiger partial charge in [-0.05, 0) is 35.7 Å². The van der Waals surface area contributed by atoms with Gasteiger partial charge < -0.3 is 14.6 Å². The van der Waals surface area contributed by atoms with E-state index in [0.29, 0.717) is 36.2 Å². The molecule has 0 saturated heterocycles. The minimum absolute atomic E-state index is 0.325. The highest BCUT2D eigenvalue weighted by molar-refractivity contribution is 6.32. The Hall–Kier alpha value is -2.98. The number of rotatable bonds is 9. The minimum Gasteiger partial charge on any atom is -0.490 e. The number of benzene rings is 3. The number of hydrogen-bond donors (Lipinski definition) is 1. The van der Waals surface area contributed by atoms with E-state index in [4.69, 9.17) is 21.1 Å². The van der Waals surface area contributed by atoms with Gasteiger partial charge in [-0.25, -0.2) is 0 Å². The van der Waals surface area contributed by atoms with Crippen molar-refractivity contribution >= 4 is 17.6 Å². The molecular formula is C23H21ClO4. The third-order valence-electron chi connectivity index (χ3n) is 4.33. The van der Waals surface area contributed by atoms with Crippen molar-refractivity contribution in [2.75, 3.05) is 13.2 Å². The Balaban J connectivity index is 1.64. The van der Waals surface area contributed by atoms with E-state index in [0.717, 1.165) is 11.1 Å². The van der Waals surface area contributed by atoms with Crippen molar-refractivity contribution in [1.82, 2.24) is 0 Å². The standard InChI is InChI=1S/C23H21ClO4/c24-20-11-5-7-13-22(20)28-15-14-27-21-12-6-4-10-18(21)16-19(23(25)26)17-8-2-1-3-9-17/h1-13,19H,14-16H2,(H,25,26). The highest BCUT2D eigenvalue weighted by atomic mass is 35.5. The monoisotopic (exact) mass is 396 g/mol. The van der Waals surface area contributed by atoms with Crippen molar-refractivity contribution in [3.8, 4) is 11.5 Å². The molecule has 0 heterocycles. The SMILES string of the molecule is O=C(O)C(Cc1ccccc1OCCOc1ccccc1Cl)c1ccccc1. The first-order valence-electron chi connectivity index (χ1n) is 9.01. The number of aliphatic carboxylic acids is 1. The molecule has 3 rings (SSSR count). The topological polar surface area (TPSA) is 55.8 Å². The normalized spacial score (nSPS) is 11.6. The summed E-state index contributed by atoms with van der Waals surface area (Å²) in [5, 5.41) is 10.2. The molecular weight excluding hydrogens is 376 g/mol. The first-order chi connectivity index (χ1) is 13.6. The summed E-state index contributed by atoms with van der Waals surface area (Å²) in [6.45, 7) is 0.657. The number of hydrogen-bond acceptors (Lipinski definition) is 3. The molecule has 5 heteroatoms. The van der Waals surface area contributed by atoms with Gasteiger partial charge in [0.1, 0.15) is 24.7 Å². The molecule has 0 saturated carbocycles. The Morgan fingerprint density at radius 3 is 2.07 bits per heavy atom. The number of carboxylic acid groups (broad SMARTS) is 1. The Kier molecular flexibility index (Phi) is 6.93. The smallest absolute Gasteiger partial charge is 0.311 e. The molecule has 0 aromatic heterocycles. The number of para-hydroxylation sites is 2. The zero-order chi connectivity index (χ0) is 19.8. The van der Waals surface area contributed by atoms with Crippen LogP contribution in [0.5, 0.6) is 11.5 Å². The fourth-order valence-electron chi connectivity index (χ4n) is 2.93. The van der Waals surface area contributed by atoms with Gasteiger partial charge >= 0.3 is 5.97 Å². The summed E-state index contributed by atoms with van der Waals surface area (Å²) in [4.78, 5) is 11.8. The van der Waals surface area contributed by atoms with Gasteiger partial charge in [0.05, 0.1) is 10.9 Å². The zero-order valence-corrected chi connectivity index (χ0v) is 16.0. The number of ether oxygens (including phenoxy) is 2. The Labute approximate surface area is 169 Å². The molecule has 0 spiro atoms. The predicted molar refractivity (Wildman–Crippen MR) is 109 cm³/mol. The molecule has 28 heavy (non-hydrogen) atoms. The van der Waals surface area contributed by atoms with E-state index in [1.54, 1.807) is 12.1 Å². The van der Waals surface area contributed by atoms with Crippen molar-refractivity contribution in [2.24, 2.45) is 0 Å². The van der Waals surface area contributed by atoms with Crippen molar-refractivity contribution < 1.29 is 19.4 Å². The summed E-state index contributed by atoms with van der Waals surface area (Å²) in [7, 11) is 0. The molecule has 3 aromatic carbocycles.